The molecule has 1 atom stereocenters. The Kier molecular flexibility index (Phi) is 4.56. The van der Waals surface area contributed by atoms with Gasteiger partial charge in [-0.25, -0.2) is 4.98 Å². The number of hydrogen-bond donors (Lipinski definition) is 1. The van der Waals surface area contributed by atoms with Gasteiger partial charge in [0.05, 0.1) is 0 Å². The molecule has 96 valence electrons. The molecule has 4 heteroatoms. The van der Waals surface area contributed by atoms with Gasteiger partial charge in [0, 0.05) is 22.9 Å². The van der Waals surface area contributed by atoms with Crippen LogP contribution in [0.2, 0.25) is 0 Å². The summed E-state index contributed by atoms with van der Waals surface area (Å²) in [6.07, 6.45) is 1.64. The predicted octanol–water partition coefficient (Wildman–Crippen LogP) is 3.27. The summed E-state index contributed by atoms with van der Waals surface area (Å²) < 4.78 is 0. The van der Waals surface area contributed by atoms with Gasteiger partial charge in [-0.3, -0.25) is 0 Å². The number of nitrogens with two attached hydrogens (primary N) is 1. The Morgan fingerprint density at radius 2 is 2.05 bits per heavy atom. The molecular weight excluding hydrogens is 254 g/mol. The first-order valence-electron chi connectivity index (χ1n) is 6.03. The van der Waals surface area contributed by atoms with Crippen LogP contribution in [0.1, 0.15) is 29.8 Å². The van der Waals surface area contributed by atoms with Crippen LogP contribution in [0.4, 0.5) is 0 Å². The van der Waals surface area contributed by atoms with E-state index in [-0.39, 0.29) is 6.04 Å². The SMILES string of the molecule is CC(N)c1ccc(SCc2cccnc2C#N)cc1. The minimum absolute atomic E-state index is 0.0579. The van der Waals surface area contributed by atoms with E-state index >= 15 is 0 Å². The van der Waals surface area contributed by atoms with E-state index in [1.165, 1.54) is 0 Å². The molecular formula is C15H15N3S. The molecule has 19 heavy (non-hydrogen) atoms. The summed E-state index contributed by atoms with van der Waals surface area (Å²) in [5, 5.41) is 8.98. The van der Waals surface area contributed by atoms with Crippen molar-refractivity contribution in [3.8, 4) is 6.07 Å². The Balaban J connectivity index is 2.04. The maximum atomic E-state index is 8.98. The average Bonchev–Trinajstić information content (AvgIpc) is 2.45. The van der Waals surface area contributed by atoms with E-state index in [9.17, 15) is 0 Å². The van der Waals surface area contributed by atoms with Crippen LogP contribution in [0.25, 0.3) is 0 Å². The standard InChI is InChI=1S/C15H15N3S/c1-11(17)12-4-6-14(7-5-12)19-10-13-3-2-8-18-15(13)9-16/h2-8,11H,10,17H2,1H3. The topological polar surface area (TPSA) is 62.7 Å². The molecule has 1 unspecified atom stereocenters. The second-order valence-electron chi connectivity index (χ2n) is 4.27. The van der Waals surface area contributed by atoms with Crippen LogP contribution in [0.15, 0.2) is 47.5 Å². The summed E-state index contributed by atoms with van der Waals surface area (Å²) in [5.74, 6) is 0.744. The molecule has 0 aliphatic heterocycles. The molecule has 3 nitrogen and oxygen atoms in total. The van der Waals surface area contributed by atoms with Crippen LogP contribution in [0.3, 0.4) is 0 Å². The molecule has 0 saturated carbocycles. The summed E-state index contributed by atoms with van der Waals surface area (Å²) in [6, 6.07) is 14.2. The predicted molar refractivity (Wildman–Crippen MR) is 77.6 cm³/mol. The van der Waals surface area contributed by atoms with Crippen molar-refractivity contribution in [2.24, 2.45) is 5.73 Å². The number of pyridine rings is 1. The minimum Gasteiger partial charge on any atom is -0.324 e. The first kappa shape index (κ1) is 13.6. The Bertz CT molecular complexity index is 585. The smallest absolute Gasteiger partial charge is 0.144 e. The molecule has 0 spiro atoms. The molecule has 1 aromatic carbocycles. The van der Waals surface area contributed by atoms with E-state index in [4.69, 9.17) is 11.0 Å². The number of aromatic nitrogens is 1. The van der Waals surface area contributed by atoms with Crippen molar-refractivity contribution in [1.82, 2.24) is 4.98 Å². The summed E-state index contributed by atoms with van der Waals surface area (Å²) in [7, 11) is 0. The highest BCUT2D eigenvalue weighted by atomic mass is 32.2. The fourth-order valence-corrected chi connectivity index (χ4v) is 2.57. The number of nitriles is 1. The number of rotatable bonds is 4. The molecule has 2 N–H and O–H groups in total. The third kappa shape index (κ3) is 3.57. The molecule has 2 aromatic rings. The van der Waals surface area contributed by atoms with Crippen LogP contribution in [0, 0.1) is 11.3 Å². The third-order valence-corrected chi connectivity index (χ3v) is 3.86. The number of thioether (sulfide) groups is 1. The zero-order chi connectivity index (χ0) is 13.7. The molecule has 0 amide bonds. The van der Waals surface area contributed by atoms with Gasteiger partial charge in [-0.15, -0.1) is 11.8 Å². The monoisotopic (exact) mass is 269 g/mol. The molecule has 0 bridgehead atoms. The van der Waals surface area contributed by atoms with Crippen molar-refractivity contribution in [2.45, 2.75) is 23.6 Å². The van der Waals surface area contributed by atoms with Gasteiger partial charge in [-0.2, -0.15) is 5.26 Å². The van der Waals surface area contributed by atoms with Gasteiger partial charge in [0.1, 0.15) is 11.8 Å². The second kappa shape index (κ2) is 6.37. The van der Waals surface area contributed by atoms with Crippen LogP contribution in [0.5, 0.6) is 0 Å². The van der Waals surface area contributed by atoms with Crippen LogP contribution < -0.4 is 5.73 Å². The number of hydrogen-bond acceptors (Lipinski definition) is 4. The Labute approximate surface area is 117 Å². The molecule has 0 fully saturated rings. The van der Waals surface area contributed by atoms with Crippen LogP contribution in [-0.4, -0.2) is 4.98 Å². The zero-order valence-corrected chi connectivity index (χ0v) is 11.5. The van der Waals surface area contributed by atoms with E-state index in [0.29, 0.717) is 5.69 Å². The first-order chi connectivity index (χ1) is 9.20. The van der Waals surface area contributed by atoms with Gasteiger partial charge in [0.2, 0.25) is 0 Å². The summed E-state index contributed by atoms with van der Waals surface area (Å²) in [5.41, 5.74) is 8.41. The van der Waals surface area contributed by atoms with E-state index in [1.54, 1.807) is 18.0 Å². The lowest BCUT2D eigenvalue weighted by Crippen LogP contribution is -2.04. The summed E-state index contributed by atoms with van der Waals surface area (Å²) in [6.45, 7) is 1.97. The maximum absolute atomic E-state index is 8.98. The quantitative estimate of drug-likeness (QED) is 0.865. The Morgan fingerprint density at radius 3 is 2.68 bits per heavy atom. The van der Waals surface area contributed by atoms with Gasteiger partial charge in [-0.1, -0.05) is 18.2 Å². The summed E-state index contributed by atoms with van der Waals surface area (Å²) in [4.78, 5) is 5.22. The van der Waals surface area contributed by atoms with Crippen molar-refractivity contribution in [2.75, 3.05) is 0 Å². The zero-order valence-electron chi connectivity index (χ0n) is 10.7. The van der Waals surface area contributed by atoms with E-state index in [1.807, 2.05) is 31.2 Å². The molecule has 0 saturated heterocycles. The number of benzene rings is 1. The minimum atomic E-state index is 0.0579. The van der Waals surface area contributed by atoms with Crippen molar-refractivity contribution in [1.29, 1.82) is 5.26 Å². The average molecular weight is 269 g/mol. The van der Waals surface area contributed by atoms with Crippen molar-refractivity contribution in [3.63, 3.8) is 0 Å². The normalized spacial score (nSPS) is 11.8. The largest absolute Gasteiger partial charge is 0.324 e. The van der Waals surface area contributed by atoms with Crippen molar-refractivity contribution < 1.29 is 0 Å². The molecule has 2 rings (SSSR count). The highest BCUT2D eigenvalue weighted by Gasteiger charge is 2.04. The lowest BCUT2D eigenvalue weighted by molar-refractivity contribution is 0.817. The van der Waals surface area contributed by atoms with Crippen LogP contribution >= 0.6 is 11.8 Å². The molecule has 0 radical (unpaired) electrons. The van der Waals surface area contributed by atoms with E-state index < -0.39 is 0 Å². The molecule has 0 aliphatic carbocycles. The second-order valence-corrected chi connectivity index (χ2v) is 5.32. The van der Waals surface area contributed by atoms with Crippen molar-refractivity contribution in [3.05, 3.63) is 59.4 Å². The van der Waals surface area contributed by atoms with E-state index in [2.05, 4.69) is 23.2 Å². The van der Waals surface area contributed by atoms with E-state index in [0.717, 1.165) is 21.8 Å². The van der Waals surface area contributed by atoms with Gasteiger partial charge < -0.3 is 5.73 Å². The third-order valence-electron chi connectivity index (χ3n) is 2.80. The highest BCUT2D eigenvalue weighted by molar-refractivity contribution is 7.98. The van der Waals surface area contributed by atoms with Gasteiger partial charge >= 0.3 is 0 Å². The van der Waals surface area contributed by atoms with Crippen LogP contribution in [-0.2, 0) is 5.75 Å². The van der Waals surface area contributed by atoms with Crippen molar-refractivity contribution >= 4 is 11.8 Å². The Hall–Kier alpha value is -1.83. The fraction of sp³-hybridized carbons (Fsp3) is 0.200. The highest BCUT2D eigenvalue weighted by Crippen LogP contribution is 2.24. The molecule has 0 aliphatic rings. The lowest BCUT2D eigenvalue weighted by atomic mass is 10.1. The van der Waals surface area contributed by atoms with Gasteiger partial charge in [0.25, 0.3) is 0 Å². The van der Waals surface area contributed by atoms with Gasteiger partial charge in [-0.05, 0) is 36.2 Å². The Morgan fingerprint density at radius 1 is 1.32 bits per heavy atom. The molecule has 1 aromatic heterocycles. The summed E-state index contributed by atoms with van der Waals surface area (Å²) >= 11 is 1.69. The van der Waals surface area contributed by atoms with Gasteiger partial charge in [0.15, 0.2) is 0 Å². The molecule has 1 heterocycles. The fourth-order valence-electron chi connectivity index (χ4n) is 1.68. The lowest BCUT2D eigenvalue weighted by Gasteiger charge is -2.07. The number of nitrogens with zero attached hydrogens (tertiary/aromatic N) is 2. The maximum Gasteiger partial charge on any atom is 0.144 e. The first-order valence-corrected chi connectivity index (χ1v) is 7.01.